The lowest BCUT2D eigenvalue weighted by atomic mass is 10.2. The monoisotopic (exact) mass is 289 g/mol. The highest BCUT2D eigenvalue weighted by atomic mass is 35.5. The van der Waals surface area contributed by atoms with Crippen LogP contribution in [0.3, 0.4) is 0 Å². The molecular formula is C14H21Cl2NO. The molecule has 0 saturated carbocycles. The molecule has 0 aliphatic rings. The van der Waals surface area contributed by atoms with Crippen molar-refractivity contribution in [2.45, 2.75) is 39.2 Å². The van der Waals surface area contributed by atoms with Crippen molar-refractivity contribution in [2.75, 3.05) is 13.2 Å². The van der Waals surface area contributed by atoms with Crippen LogP contribution in [0.5, 0.6) is 5.75 Å². The van der Waals surface area contributed by atoms with E-state index in [-0.39, 0.29) is 0 Å². The van der Waals surface area contributed by atoms with Crippen LogP contribution in [-0.4, -0.2) is 19.2 Å². The largest absolute Gasteiger partial charge is 0.494 e. The van der Waals surface area contributed by atoms with Gasteiger partial charge < -0.3 is 10.1 Å². The number of ether oxygens (including phenoxy) is 1. The molecule has 4 heteroatoms. The molecule has 0 saturated heterocycles. The van der Waals surface area contributed by atoms with E-state index in [1.807, 2.05) is 6.07 Å². The van der Waals surface area contributed by atoms with Crippen LogP contribution in [0.4, 0.5) is 0 Å². The van der Waals surface area contributed by atoms with Crippen molar-refractivity contribution < 1.29 is 4.74 Å². The maximum Gasteiger partial charge on any atom is 0.120 e. The third-order valence-corrected chi connectivity index (χ3v) is 3.27. The van der Waals surface area contributed by atoms with Crippen molar-refractivity contribution in [3.8, 4) is 5.75 Å². The Morgan fingerprint density at radius 3 is 2.56 bits per heavy atom. The summed E-state index contributed by atoms with van der Waals surface area (Å²) >= 11 is 11.7. The van der Waals surface area contributed by atoms with Crippen LogP contribution in [-0.2, 0) is 0 Å². The van der Waals surface area contributed by atoms with Crippen LogP contribution in [0.2, 0.25) is 10.0 Å². The van der Waals surface area contributed by atoms with Gasteiger partial charge >= 0.3 is 0 Å². The summed E-state index contributed by atoms with van der Waals surface area (Å²) < 4.78 is 5.61. The minimum atomic E-state index is 0.537. The van der Waals surface area contributed by atoms with E-state index in [9.17, 15) is 0 Å². The number of halogens is 2. The number of hydrogen-bond donors (Lipinski definition) is 1. The maximum atomic E-state index is 5.90. The normalized spacial score (nSPS) is 10.9. The van der Waals surface area contributed by atoms with Crippen molar-refractivity contribution >= 4 is 23.2 Å². The molecule has 0 atom stereocenters. The molecule has 0 unspecified atom stereocenters. The van der Waals surface area contributed by atoms with Crippen molar-refractivity contribution in [1.29, 1.82) is 0 Å². The molecular weight excluding hydrogens is 269 g/mol. The zero-order chi connectivity index (χ0) is 13.4. The topological polar surface area (TPSA) is 21.3 Å². The minimum absolute atomic E-state index is 0.537. The average molecular weight is 290 g/mol. The van der Waals surface area contributed by atoms with E-state index in [4.69, 9.17) is 27.9 Å². The first-order valence-electron chi connectivity index (χ1n) is 6.41. The van der Waals surface area contributed by atoms with Gasteiger partial charge in [0.15, 0.2) is 0 Å². The third-order valence-electron chi connectivity index (χ3n) is 2.53. The Labute approximate surface area is 120 Å². The molecule has 102 valence electrons. The number of rotatable bonds is 8. The molecule has 0 fully saturated rings. The fourth-order valence-corrected chi connectivity index (χ4v) is 1.84. The van der Waals surface area contributed by atoms with Crippen LogP contribution < -0.4 is 10.1 Å². The summed E-state index contributed by atoms with van der Waals surface area (Å²) in [6.07, 6.45) is 3.41. The fourth-order valence-electron chi connectivity index (χ4n) is 1.55. The summed E-state index contributed by atoms with van der Waals surface area (Å²) in [5.74, 6) is 0.782. The van der Waals surface area contributed by atoms with Gasteiger partial charge in [-0.1, -0.05) is 37.0 Å². The van der Waals surface area contributed by atoms with Crippen molar-refractivity contribution in [2.24, 2.45) is 0 Å². The van der Waals surface area contributed by atoms with Gasteiger partial charge in [-0.05, 0) is 37.9 Å². The van der Waals surface area contributed by atoms with E-state index in [1.165, 1.54) is 12.8 Å². The lowest BCUT2D eigenvalue weighted by Gasteiger charge is -2.09. The highest BCUT2D eigenvalue weighted by molar-refractivity contribution is 6.42. The fraction of sp³-hybridized carbons (Fsp3) is 0.571. The van der Waals surface area contributed by atoms with Crippen molar-refractivity contribution in [3.05, 3.63) is 28.2 Å². The molecule has 0 aromatic heterocycles. The Balaban J connectivity index is 2.09. The number of hydrogen-bond acceptors (Lipinski definition) is 2. The van der Waals surface area contributed by atoms with Crippen LogP contribution in [0.1, 0.15) is 33.1 Å². The van der Waals surface area contributed by atoms with Gasteiger partial charge in [-0.25, -0.2) is 0 Å². The van der Waals surface area contributed by atoms with E-state index in [0.717, 1.165) is 25.3 Å². The zero-order valence-electron chi connectivity index (χ0n) is 11.0. The van der Waals surface area contributed by atoms with E-state index < -0.39 is 0 Å². The molecule has 0 heterocycles. The molecule has 1 N–H and O–H groups in total. The first-order chi connectivity index (χ1) is 8.59. The Morgan fingerprint density at radius 2 is 1.89 bits per heavy atom. The predicted molar refractivity (Wildman–Crippen MR) is 78.9 cm³/mol. The standard InChI is InChI=1S/C14H21Cl2NO/c1-11(2)17-8-4-3-5-9-18-12-6-7-13(15)14(16)10-12/h6-7,10-11,17H,3-5,8-9H2,1-2H3. The van der Waals surface area contributed by atoms with Gasteiger partial charge in [0.25, 0.3) is 0 Å². The zero-order valence-corrected chi connectivity index (χ0v) is 12.5. The van der Waals surface area contributed by atoms with Gasteiger partial charge in [0.05, 0.1) is 16.7 Å². The van der Waals surface area contributed by atoms with Crippen LogP contribution in [0.15, 0.2) is 18.2 Å². The summed E-state index contributed by atoms with van der Waals surface area (Å²) in [5, 5.41) is 4.49. The molecule has 0 bridgehead atoms. The van der Waals surface area contributed by atoms with E-state index in [1.54, 1.807) is 12.1 Å². The molecule has 0 spiro atoms. The third kappa shape index (κ3) is 6.48. The number of nitrogens with one attached hydrogen (secondary N) is 1. The van der Waals surface area contributed by atoms with Crippen LogP contribution in [0.25, 0.3) is 0 Å². The van der Waals surface area contributed by atoms with Crippen LogP contribution >= 0.6 is 23.2 Å². The summed E-state index contributed by atoms with van der Waals surface area (Å²) in [6.45, 7) is 6.12. The summed E-state index contributed by atoms with van der Waals surface area (Å²) in [5.41, 5.74) is 0. The van der Waals surface area contributed by atoms with Crippen molar-refractivity contribution in [3.63, 3.8) is 0 Å². The second-order valence-electron chi connectivity index (χ2n) is 4.59. The summed E-state index contributed by atoms with van der Waals surface area (Å²) in [4.78, 5) is 0. The molecule has 1 rings (SSSR count). The molecule has 1 aromatic carbocycles. The Morgan fingerprint density at radius 1 is 1.11 bits per heavy atom. The molecule has 0 aliphatic heterocycles. The quantitative estimate of drug-likeness (QED) is 0.710. The molecule has 2 nitrogen and oxygen atoms in total. The van der Waals surface area contributed by atoms with Crippen LogP contribution in [0, 0.1) is 0 Å². The lowest BCUT2D eigenvalue weighted by Crippen LogP contribution is -2.23. The second kappa shape index (κ2) is 8.63. The maximum absolute atomic E-state index is 5.90. The average Bonchev–Trinajstić information content (AvgIpc) is 2.32. The smallest absolute Gasteiger partial charge is 0.120 e. The number of benzene rings is 1. The highest BCUT2D eigenvalue weighted by Gasteiger charge is 2.00. The molecule has 18 heavy (non-hydrogen) atoms. The van der Waals surface area contributed by atoms with Gasteiger partial charge in [-0.3, -0.25) is 0 Å². The first kappa shape index (κ1) is 15.6. The Bertz CT molecular complexity index is 356. The predicted octanol–water partition coefficient (Wildman–Crippen LogP) is 4.54. The first-order valence-corrected chi connectivity index (χ1v) is 7.16. The lowest BCUT2D eigenvalue weighted by molar-refractivity contribution is 0.304. The highest BCUT2D eigenvalue weighted by Crippen LogP contribution is 2.26. The van der Waals surface area contributed by atoms with Gasteiger partial charge in [0, 0.05) is 12.1 Å². The molecule has 1 aromatic rings. The molecule has 0 aliphatic carbocycles. The number of unbranched alkanes of at least 4 members (excludes halogenated alkanes) is 2. The summed E-state index contributed by atoms with van der Waals surface area (Å²) in [6, 6.07) is 5.92. The van der Waals surface area contributed by atoms with Gasteiger partial charge in [0.1, 0.15) is 5.75 Å². The second-order valence-corrected chi connectivity index (χ2v) is 5.41. The van der Waals surface area contributed by atoms with Gasteiger partial charge in [-0.2, -0.15) is 0 Å². The Hall–Kier alpha value is -0.440. The van der Waals surface area contributed by atoms with Gasteiger partial charge in [-0.15, -0.1) is 0 Å². The van der Waals surface area contributed by atoms with Crippen molar-refractivity contribution in [1.82, 2.24) is 5.32 Å². The van der Waals surface area contributed by atoms with E-state index in [0.29, 0.717) is 16.1 Å². The Kier molecular flexibility index (Phi) is 7.48. The molecule has 0 amide bonds. The SMILES string of the molecule is CC(C)NCCCCCOc1ccc(Cl)c(Cl)c1. The minimum Gasteiger partial charge on any atom is -0.494 e. The summed E-state index contributed by atoms with van der Waals surface area (Å²) in [7, 11) is 0. The van der Waals surface area contributed by atoms with E-state index >= 15 is 0 Å². The molecule has 0 radical (unpaired) electrons. The van der Waals surface area contributed by atoms with E-state index in [2.05, 4.69) is 19.2 Å². The van der Waals surface area contributed by atoms with Gasteiger partial charge in [0.2, 0.25) is 0 Å².